The molecule has 0 unspecified atom stereocenters. The zero-order valence-corrected chi connectivity index (χ0v) is 10.4. The third-order valence-corrected chi connectivity index (χ3v) is 5.47. The lowest BCUT2D eigenvalue weighted by Gasteiger charge is -2.10. The van der Waals surface area contributed by atoms with Crippen LogP contribution in [0.4, 0.5) is 0 Å². The Morgan fingerprint density at radius 1 is 1.35 bits per heavy atom. The van der Waals surface area contributed by atoms with Gasteiger partial charge in [-0.2, -0.15) is 0 Å². The molecule has 17 heavy (non-hydrogen) atoms. The standard InChI is InChI=1S/C10H11NO4S2/c12-10(13)8-5-6-9(16-8)17(14,15)11-7-3-1-2-4-7/h1-2,5-7,11H,3-4H2,(H,12,13). The molecule has 0 bridgehead atoms. The molecule has 0 radical (unpaired) electrons. The van der Waals surface area contributed by atoms with Crippen molar-refractivity contribution in [2.24, 2.45) is 0 Å². The van der Waals surface area contributed by atoms with Gasteiger partial charge in [0.15, 0.2) is 0 Å². The van der Waals surface area contributed by atoms with Crippen LogP contribution in [-0.4, -0.2) is 25.5 Å². The van der Waals surface area contributed by atoms with Gasteiger partial charge in [0, 0.05) is 6.04 Å². The minimum absolute atomic E-state index is 0.0231. The SMILES string of the molecule is O=C(O)c1ccc(S(=O)(=O)NC2CC=CC2)s1. The Morgan fingerprint density at radius 3 is 2.53 bits per heavy atom. The molecule has 0 saturated carbocycles. The molecule has 0 aromatic carbocycles. The largest absolute Gasteiger partial charge is 0.477 e. The fourth-order valence-corrected chi connectivity index (χ4v) is 3.99. The van der Waals surface area contributed by atoms with Crippen molar-refractivity contribution in [3.63, 3.8) is 0 Å². The quantitative estimate of drug-likeness (QED) is 0.813. The number of rotatable bonds is 4. The molecule has 2 rings (SSSR count). The molecule has 0 saturated heterocycles. The molecule has 0 spiro atoms. The maximum Gasteiger partial charge on any atom is 0.345 e. The number of aromatic carboxylic acids is 1. The number of thiophene rings is 1. The zero-order valence-electron chi connectivity index (χ0n) is 8.79. The lowest BCUT2D eigenvalue weighted by molar-refractivity contribution is 0.0702. The van der Waals surface area contributed by atoms with Crippen LogP contribution in [0.5, 0.6) is 0 Å². The molecule has 0 aliphatic heterocycles. The van der Waals surface area contributed by atoms with Gasteiger partial charge in [0.1, 0.15) is 9.09 Å². The van der Waals surface area contributed by atoms with E-state index in [1.54, 1.807) is 0 Å². The summed E-state index contributed by atoms with van der Waals surface area (Å²) in [5.74, 6) is -1.11. The van der Waals surface area contributed by atoms with Crippen molar-refractivity contribution in [2.75, 3.05) is 0 Å². The van der Waals surface area contributed by atoms with Gasteiger partial charge in [0.05, 0.1) is 0 Å². The Balaban J connectivity index is 2.16. The van der Waals surface area contributed by atoms with Gasteiger partial charge in [-0.1, -0.05) is 12.2 Å². The van der Waals surface area contributed by atoms with Crippen LogP contribution in [0.15, 0.2) is 28.5 Å². The molecule has 2 N–H and O–H groups in total. The first-order valence-corrected chi connectivity index (χ1v) is 7.29. The van der Waals surface area contributed by atoms with Gasteiger partial charge in [-0.3, -0.25) is 0 Å². The fraction of sp³-hybridized carbons (Fsp3) is 0.300. The van der Waals surface area contributed by atoms with Crippen LogP contribution in [0.1, 0.15) is 22.5 Å². The van der Waals surface area contributed by atoms with Crippen molar-refractivity contribution in [1.29, 1.82) is 0 Å². The van der Waals surface area contributed by atoms with Crippen LogP contribution >= 0.6 is 11.3 Å². The zero-order chi connectivity index (χ0) is 12.5. The summed E-state index contributed by atoms with van der Waals surface area (Å²) in [4.78, 5) is 10.7. The highest BCUT2D eigenvalue weighted by molar-refractivity contribution is 7.91. The predicted molar refractivity (Wildman–Crippen MR) is 63.8 cm³/mol. The summed E-state index contributed by atoms with van der Waals surface area (Å²) in [5, 5.41) is 8.73. The Morgan fingerprint density at radius 2 is 2.00 bits per heavy atom. The second-order valence-corrected chi connectivity index (χ2v) is 6.71. The summed E-state index contributed by atoms with van der Waals surface area (Å²) < 4.78 is 26.4. The molecule has 1 aliphatic carbocycles. The first kappa shape index (κ1) is 12.3. The van der Waals surface area contributed by atoms with Crippen LogP contribution in [0.25, 0.3) is 0 Å². The Hall–Kier alpha value is -1.18. The van der Waals surface area contributed by atoms with Crippen LogP contribution in [0, 0.1) is 0 Å². The van der Waals surface area contributed by atoms with E-state index in [1.165, 1.54) is 12.1 Å². The van der Waals surface area contributed by atoms with Crippen molar-refractivity contribution in [1.82, 2.24) is 4.72 Å². The summed E-state index contributed by atoms with van der Waals surface area (Å²) in [6.07, 6.45) is 5.20. The Kier molecular flexibility index (Phi) is 3.32. The van der Waals surface area contributed by atoms with E-state index in [0.717, 1.165) is 11.3 Å². The highest BCUT2D eigenvalue weighted by atomic mass is 32.2. The first-order valence-electron chi connectivity index (χ1n) is 4.99. The number of carbonyl (C=O) groups is 1. The summed E-state index contributed by atoms with van der Waals surface area (Å²) >= 11 is 0.761. The summed E-state index contributed by atoms with van der Waals surface area (Å²) in [6.45, 7) is 0. The molecule has 1 aliphatic rings. The van der Waals surface area contributed by atoms with Gasteiger partial charge >= 0.3 is 5.97 Å². The van der Waals surface area contributed by atoms with Crippen LogP contribution in [0.3, 0.4) is 0 Å². The normalized spacial score (nSPS) is 16.5. The van der Waals surface area contributed by atoms with Crippen LogP contribution in [-0.2, 0) is 10.0 Å². The van der Waals surface area contributed by atoms with E-state index in [1.807, 2.05) is 12.2 Å². The van der Waals surface area contributed by atoms with Crippen molar-refractivity contribution in [2.45, 2.75) is 23.1 Å². The number of sulfonamides is 1. The van der Waals surface area contributed by atoms with E-state index in [0.29, 0.717) is 12.8 Å². The smallest absolute Gasteiger partial charge is 0.345 e. The van der Waals surface area contributed by atoms with Crippen molar-refractivity contribution >= 4 is 27.3 Å². The van der Waals surface area contributed by atoms with E-state index in [-0.39, 0.29) is 15.1 Å². The average Bonchev–Trinajstić information content (AvgIpc) is 2.84. The lowest BCUT2D eigenvalue weighted by Crippen LogP contribution is -2.32. The summed E-state index contributed by atoms with van der Waals surface area (Å²) in [5.41, 5.74) is 0. The molecular formula is C10H11NO4S2. The second kappa shape index (κ2) is 4.59. The van der Waals surface area contributed by atoms with Gasteiger partial charge in [-0.15, -0.1) is 11.3 Å². The highest BCUT2D eigenvalue weighted by Gasteiger charge is 2.23. The maximum absolute atomic E-state index is 11.9. The van der Waals surface area contributed by atoms with Gasteiger partial charge in [-0.25, -0.2) is 17.9 Å². The number of carboxylic acid groups (broad SMARTS) is 1. The minimum Gasteiger partial charge on any atom is -0.477 e. The summed E-state index contributed by atoms with van der Waals surface area (Å²) in [6, 6.07) is 2.50. The van der Waals surface area contributed by atoms with Gasteiger partial charge < -0.3 is 5.11 Å². The first-order chi connectivity index (χ1) is 7.99. The van der Waals surface area contributed by atoms with Crippen molar-refractivity contribution in [3.8, 4) is 0 Å². The van der Waals surface area contributed by atoms with Gasteiger partial charge in [-0.05, 0) is 25.0 Å². The monoisotopic (exact) mass is 273 g/mol. The van der Waals surface area contributed by atoms with Crippen LogP contribution < -0.4 is 4.72 Å². The van der Waals surface area contributed by atoms with Crippen LogP contribution in [0.2, 0.25) is 0 Å². The van der Waals surface area contributed by atoms with E-state index in [4.69, 9.17) is 5.11 Å². The van der Waals surface area contributed by atoms with E-state index < -0.39 is 16.0 Å². The molecule has 92 valence electrons. The molecule has 0 atom stereocenters. The molecule has 1 aromatic heterocycles. The van der Waals surface area contributed by atoms with E-state index in [9.17, 15) is 13.2 Å². The topological polar surface area (TPSA) is 83.5 Å². The van der Waals surface area contributed by atoms with E-state index in [2.05, 4.69) is 4.72 Å². The molecule has 1 aromatic rings. The molecule has 0 amide bonds. The number of hydrogen-bond donors (Lipinski definition) is 2. The van der Waals surface area contributed by atoms with Gasteiger partial charge in [0.25, 0.3) is 0 Å². The van der Waals surface area contributed by atoms with Crippen molar-refractivity contribution < 1.29 is 18.3 Å². The molecular weight excluding hydrogens is 262 g/mol. The third-order valence-electron chi connectivity index (χ3n) is 2.39. The Bertz CT molecular complexity index is 551. The highest BCUT2D eigenvalue weighted by Crippen LogP contribution is 2.23. The number of nitrogens with one attached hydrogen (secondary N) is 1. The third kappa shape index (κ3) is 2.74. The average molecular weight is 273 g/mol. The molecule has 7 heteroatoms. The Labute approximate surface area is 103 Å². The number of carboxylic acids is 1. The van der Waals surface area contributed by atoms with Crippen molar-refractivity contribution in [3.05, 3.63) is 29.2 Å². The molecule has 5 nitrogen and oxygen atoms in total. The summed E-state index contributed by atoms with van der Waals surface area (Å²) in [7, 11) is -3.59. The molecule has 0 fully saturated rings. The maximum atomic E-state index is 11.9. The second-order valence-electron chi connectivity index (χ2n) is 3.68. The molecule has 1 heterocycles. The van der Waals surface area contributed by atoms with Gasteiger partial charge in [0.2, 0.25) is 10.0 Å². The van der Waals surface area contributed by atoms with E-state index >= 15 is 0 Å². The lowest BCUT2D eigenvalue weighted by atomic mass is 10.3. The fourth-order valence-electron chi connectivity index (χ4n) is 1.57. The minimum atomic E-state index is -3.59. The predicted octanol–water partition coefficient (Wildman–Crippen LogP) is 1.44. The number of hydrogen-bond acceptors (Lipinski definition) is 4.